The van der Waals surface area contributed by atoms with Gasteiger partial charge in [-0.15, -0.1) is 0 Å². The highest BCUT2D eigenvalue weighted by Gasteiger charge is 2.37. The van der Waals surface area contributed by atoms with Crippen LogP contribution in [0.5, 0.6) is 0 Å². The summed E-state index contributed by atoms with van der Waals surface area (Å²) >= 11 is 0. The topological polar surface area (TPSA) is 54.0 Å². The van der Waals surface area contributed by atoms with Crippen molar-refractivity contribution >= 4 is 5.91 Å². The molecule has 0 aliphatic carbocycles. The Balaban J connectivity index is 1.83. The summed E-state index contributed by atoms with van der Waals surface area (Å²) in [7, 11) is 0. The number of hydrogen-bond acceptors (Lipinski definition) is 3. The van der Waals surface area contributed by atoms with Gasteiger partial charge >= 0.3 is 0 Å². The predicted octanol–water partition coefficient (Wildman–Crippen LogP) is 1.52. The maximum Gasteiger partial charge on any atom is 0.227 e. The van der Waals surface area contributed by atoms with E-state index in [0.29, 0.717) is 6.54 Å². The number of carbonyl (C=O) groups excluding carboxylic acids is 1. The number of amides is 1. The Hall–Kier alpha value is -1.42. The maximum atomic E-state index is 12.4. The molecule has 0 saturated carbocycles. The number of piperidine rings is 1. The third-order valence-corrected chi connectivity index (χ3v) is 4.05. The molecule has 1 aromatic heterocycles. The molecule has 0 bridgehead atoms. The summed E-state index contributed by atoms with van der Waals surface area (Å²) in [5, 5.41) is 6.43. The zero-order valence-electron chi connectivity index (χ0n) is 11.6. The summed E-state index contributed by atoms with van der Waals surface area (Å²) < 4.78 is 0. The minimum absolute atomic E-state index is 0.200. The van der Waals surface area contributed by atoms with E-state index in [2.05, 4.69) is 22.5 Å². The van der Waals surface area contributed by atoms with Crippen LogP contribution in [0.25, 0.3) is 0 Å². The van der Waals surface area contributed by atoms with Crippen molar-refractivity contribution in [3.63, 3.8) is 0 Å². The molecule has 4 heteroatoms. The SMILES string of the molecule is CCC1(C(=O)NCCc2cccnc2)CCCNC1. The minimum Gasteiger partial charge on any atom is -0.355 e. The highest BCUT2D eigenvalue weighted by molar-refractivity contribution is 5.83. The molecule has 1 aromatic rings. The molecule has 0 aromatic carbocycles. The van der Waals surface area contributed by atoms with E-state index in [0.717, 1.165) is 44.3 Å². The summed E-state index contributed by atoms with van der Waals surface area (Å²) in [4.78, 5) is 16.5. The van der Waals surface area contributed by atoms with Gasteiger partial charge < -0.3 is 10.6 Å². The number of pyridine rings is 1. The maximum absolute atomic E-state index is 12.4. The smallest absolute Gasteiger partial charge is 0.227 e. The Kier molecular flexibility index (Phi) is 4.91. The molecule has 1 atom stereocenters. The number of nitrogens with one attached hydrogen (secondary N) is 2. The molecule has 2 N–H and O–H groups in total. The van der Waals surface area contributed by atoms with Crippen molar-refractivity contribution in [3.05, 3.63) is 30.1 Å². The van der Waals surface area contributed by atoms with Crippen molar-refractivity contribution in [2.75, 3.05) is 19.6 Å². The quantitative estimate of drug-likeness (QED) is 0.845. The fourth-order valence-corrected chi connectivity index (χ4v) is 2.68. The standard InChI is InChI=1S/C15H23N3O/c1-2-15(7-4-9-17-12-15)14(19)18-10-6-13-5-3-8-16-11-13/h3,5,8,11,17H,2,4,6-7,9-10,12H2,1H3,(H,18,19). The first-order chi connectivity index (χ1) is 9.27. The van der Waals surface area contributed by atoms with E-state index in [9.17, 15) is 4.79 Å². The Morgan fingerprint density at radius 3 is 3.11 bits per heavy atom. The third kappa shape index (κ3) is 3.53. The third-order valence-electron chi connectivity index (χ3n) is 4.05. The van der Waals surface area contributed by atoms with Crippen LogP contribution in [0.4, 0.5) is 0 Å². The summed E-state index contributed by atoms with van der Waals surface area (Å²) in [5.74, 6) is 0.200. The lowest BCUT2D eigenvalue weighted by Crippen LogP contribution is -2.50. The molecule has 1 fully saturated rings. The van der Waals surface area contributed by atoms with Crippen LogP contribution in [-0.2, 0) is 11.2 Å². The van der Waals surface area contributed by atoms with Gasteiger partial charge in [0.25, 0.3) is 0 Å². The second kappa shape index (κ2) is 6.66. The summed E-state index contributed by atoms with van der Waals surface area (Å²) in [6, 6.07) is 3.96. The average molecular weight is 261 g/mol. The van der Waals surface area contributed by atoms with Crippen LogP contribution in [-0.4, -0.2) is 30.5 Å². The van der Waals surface area contributed by atoms with Gasteiger partial charge in [0, 0.05) is 25.5 Å². The van der Waals surface area contributed by atoms with Crippen LogP contribution < -0.4 is 10.6 Å². The van der Waals surface area contributed by atoms with E-state index in [-0.39, 0.29) is 11.3 Å². The zero-order chi connectivity index (χ0) is 13.6. The number of hydrogen-bond donors (Lipinski definition) is 2. The molecule has 0 spiro atoms. The number of aromatic nitrogens is 1. The Bertz CT molecular complexity index is 399. The van der Waals surface area contributed by atoms with Gasteiger partial charge in [0.2, 0.25) is 5.91 Å². The summed E-state index contributed by atoms with van der Waals surface area (Å²) in [5.41, 5.74) is 0.961. The van der Waals surface area contributed by atoms with Crippen LogP contribution in [0.3, 0.4) is 0 Å². The Labute approximate surface area is 115 Å². The van der Waals surface area contributed by atoms with Gasteiger partial charge in [-0.05, 0) is 43.9 Å². The van der Waals surface area contributed by atoms with Crippen molar-refractivity contribution in [3.8, 4) is 0 Å². The van der Waals surface area contributed by atoms with E-state index in [1.807, 2.05) is 18.3 Å². The Morgan fingerprint density at radius 2 is 2.47 bits per heavy atom. The lowest BCUT2D eigenvalue weighted by atomic mass is 9.77. The summed E-state index contributed by atoms with van der Waals surface area (Å²) in [6.45, 7) is 4.63. The van der Waals surface area contributed by atoms with Gasteiger partial charge in [-0.2, -0.15) is 0 Å². The largest absolute Gasteiger partial charge is 0.355 e. The van der Waals surface area contributed by atoms with Crippen molar-refractivity contribution < 1.29 is 4.79 Å². The molecule has 104 valence electrons. The van der Waals surface area contributed by atoms with Crippen molar-refractivity contribution in [1.82, 2.24) is 15.6 Å². The highest BCUT2D eigenvalue weighted by Crippen LogP contribution is 2.30. The molecular weight excluding hydrogens is 238 g/mol. The van der Waals surface area contributed by atoms with Crippen LogP contribution in [0.2, 0.25) is 0 Å². The first-order valence-corrected chi connectivity index (χ1v) is 7.15. The molecule has 0 radical (unpaired) electrons. The second-order valence-corrected chi connectivity index (χ2v) is 5.28. The van der Waals surface area contributed by atoms with Crippen LogP contribution in [0.1, 0.15) is 31.7 Å². The monoisotopic (exact) mass is 261 g/mol. The van der Waals surface area contributed by atoms with Crippen molar-refractivity contribution in [1.29, 1.82) is 0 Å². The molecule has 1 unspecified atom stereocenters. The molecule has 1 amide bonds. The number of carbonyl (C=O) groups is 1. The van der Waals surface area contributed by atoms with Crippen molar-refractivity contribution in [2.24, 2.45) is 5.41 Å². The number of nitrogens with zero attached hydrogens (tertiary/aromatic N) is 1. The molecular formula is C15H23N3O. The van der Waals surface area contributed by atoms with Gasteiger partial charge in [-0.25, -0.2) is 0 Å². The fourth-order valence-electron chi connectivity index (χ4n) is 2.68. The molecule has 2 heterocycles. The minimum atomic E-state index is -0.201. The van der Waals surface area contributed by atoms with E-state index >= 15 is 0 Å². The first kappa shape index (κ1) is 14.0. The van der Waals surface area contributed by atoms with E-state index in [1.165, 1.54) is 0 Å². The van der Waals surface area contributed by atoms with Crippen LogP contribution in [0, 0.1) is 5.41 Å². The van der Waals surface area contributed by atoms with Gasteiger partial charge in [-0.3, -0.25) is 9.78 Å². The molecule has 1 aliphatic rings. The second-order valence-electron chi connectivity index (χ2n) is 5.28. The first-order valence-electron chi connectivity index (χ1n) is 7.15. The van der Waals surface area contributed by atoms with Gasteiger partial charge in [0.05, 0.1) is 5.41 Å². The van der Waals surface area contributed by atoms with E-state index in [4.69, 9.17) is 0 Å². The highest BCUT2D eigenvalue weighted by atomic mass is 16.2. The van der Waals surface area contributed by atoms with Crippen molar-refractivity contribution in [2.45, 2.75) is 32.6 Å². The zero-order valence-corrected chi connectivity index (χ0v) is 11.6. The van der Waals surface area contributed by atoms with Gasteiger partial charge in [0.1, 0.15) is 0 Å². The molecule has 1 aliphatic heterocycles. The van der Waals surface area contributed by atoms with E-state index < -0.39 is 0 Å². The lowest BCUT2D eigenvalue weighted by Gasteiger charge is -2.35. The van der Waals surface area contributed by atoms with Crippen LogP contribution >= 0.6 is 0 Å². The molecule has 2 rings (SSSR count). The average Bonchev–Trinajstić information content (AvgIpc) is 2.49. The summed E-state index contributed by atoms with van der Waals surface area (Å²) in [6.07, 6.45) is 7.44. The number of rotatable bonds is 5. The Morgan fingerprint density at radius 1 is 1.58 bits per heavy atom. The van der Waals surface area contributed by atoms with E-state index in [1.54, 1.807) is 6.20 Å². The normalized spacial score (nSPS) is 23.0. The predicted molar refractivity (Wildman–Crippen MR) is 75.8 cm³/mol. The lowest BCUT2D eigenvalue weighted by molar-refractivity contribution is -0.132. The fraction of sp³-hybridized carbons (Fsp3) is 0.600. The van der Waals surface area contributed by atoms with Gasteiger partial charge in [0.15, 0.2) is 0 Å². The molecule has 1 saturated heterocycles. The molecule has 4 nitrogen and oxygen atoms in total. The molecule has 19 heavy (non-hydrogen) atoms. The van der Waals surface area contributed by atoms with Crippen LogP contribution in [0.15, 0.2) is 24.5 Å². The van der Waals surface area contributed by atoms with Gasteiger partial charge in [-0.1, -0.05) is 13.0 Å².